The van der Waals surface area contributed by atoms with E-state index in [-0.39, 0.29) is 10.9 Å². The first kappa shape index (κ1) is 17.4. The van der Waals surface area contributed by atoms with E-state index in [1.165, 1.54) is 10.5 Å². The molecule has 1 saturated heterocycles. The molecule has 1 atom stereocenters. The summed E-state index contributed by atoms with van der Waals surface area (Å²) in [6, 6.07) is 3.60. The first-order valence-corrected chi connectivity index (χ1v) is 10.7. The molecule has 1 unspecified atom stereocenters. The van der Waals surface area contributed by atoms with E-state index in [1.54, 1.807) is 12.1 Å². The number of aryl methyl sites for hydroxylation is 2. The summed E-state index contributed by atoms with van der Waals surface area (Å²) < 4.78 is 28.6. The lowest BCUT2D eigenvalue weighted by atomic mass is 10.1. The van der Waals surface area contributed by atoms with Crippen LogP contribution < -0.4 is 5.32 Å². The van der Waals surface area contributed by atoms with Crippen molar-refractivity contribution in [2.24, 2.45) is 0 Å². The second-order valence-corrected chi connectivity index (χ2v) is 8.79. The monoisotopic (exact) mass is 376 g/mol. The minimum Gasteiger partial charge on any atom is -0.365 e. The van der Waals surface area contributed by atoms with Crippen LogP contribution in [0, 0.1) is 0 Å². The molecule has 0 aliphatic carbocycles. The second kappa shape index (κ2) is 6.96. The molecule has 2 aliphatic heterocycles. The van der Waals surface area contributed by atoms with Gasteiger partial charge in [0.1, 0.15) is 16.5 Å². The molecule has 1 fully saturated rings. The van der Waals surface area contributed by atoms with E-state index in [9.17, 15) is 8.42 Å². The number of anilines is 1. The van der Waals surface area contributed by atoms with Crippen LogP contribution in [0.15, 0.2) is 23.2 Å². The van der Waals surface area contributed by atoms with Crippen LogP contribution in [0.5, 0.6) is 0 Å². The highest BCUT2D eigenvalue weighted by Gasteiger charge is 2.27. The fraction of sp³-hybridized carbons (Fsp3) is 0.588. The maximum atomic E-state index is 12.6. The summed E-state index contributed by atoms with van der Waals surface area (Å²) in [5, 5.41) is 7.90. The first-order chi connectivity index (χ1) is 12.6. The van der Waals surface area contributed by atoms with Crippen molar-refractivity contribution in [1.29, 1.82) is 0 Å². The summed E-state index contributed by atoms with van der Waals surface area (Å²) in [6.45, 7) is 4.01. The Morgan fingerprint density at radius 1 is 1.27 bits per heavy atom. The number of nitrogens with one attached hydrogen (secondary N) is 1. The number of sulfonamides is 1. The minimum absolute atomic E-state index is 0.211. The predicted octanol–water partition coefficient (Wildman–Crippen LogP) is 1.45. The van der Waals surface area contributed by atoms with E-state index in [4.69, 9.17) is 0 Å². The lowest BCUT2D eigenvalue weighted by Gasteiger charge is -2.24. The molecule has 140 valence electrons. The lowest BCUT2D eigenvalue weighted by molar-refractivity contribution is 0.439. The number of pyridine rings is 1. The molecule has 0 spiro atoms. The largest absolute Gasteiger partial charge is 0.365 e. The summed E-state index contributed by atoms with van der Waals surface area (Å²) in [7, 11) is -3.41. The SMILES string of the molecule is CCc1nc2n(n1)CC(Nc1ccc(S(=O)(=O)N3CCCC3)cn1)CC2. The average molecular weight is 376 g/mol. The van der Waals surface area contributed by atoms with Crippen LogP contribution in [0.3, 0.4) is 0 Å². The fourth-order valence-electron chi connectivity index (χ4n) is 3.53. The fourth-order valence-corrected chi connectivity index (χ4v) is 5.00. The molecule has 0 bridgehead atoms. The van der Waals surface area contributed by atoms with Crippen LogP contribution in [0.4, 0.5) is 5.82 Å². The van der Waals surface area contributed by atoms with Crippen LogP contribution in [-0.4, -0.2) is 51.6 Å². The van der Waals surface area contributed by atoms with Gasteiger partial charge in [-0.3, -0.25) is 0 Å². The average Bonchev–Trinajstić information content (AvgIpc) is 3.31. The second-order valence-electron chi connectivity index (χ2n) is 6.85. The van der Waals surface area contributed by atoms with Crippen molar-refractivity contribution in [3.8, 4) is 0 Å². The van der Waals surface area contributed by atoms with Crippen LogP contribution in [0.1, 0.15) is 37.8 Å². The van der Waals surface area contributed by atoms with Crippen LogP contribution in [0.25, 0.3) is 0 Å². The molecule has 26 heavy (non-hydrogen) atoms. The van der Waals surface area contributed by atoms with Gasteiger partial charge in [0.25, 0.3) is 0 Å². The van der Waals surface area contributed by atoms with Crippen molar-refractivity contribution in [3.05, 3.63) is 30.0 Å². The van der Waals surface area contributed by atoms with Crippen molar-refractivity contribution in [1.82, 2.24) is 24.1 Å². The Bertz CT molecular complexity index is 871. The van der Waals surface area contributed by atoms with Gasteiger partial charge in [-0.15, -0.1) is 0 Å². The van der Waals surface area contributed by atoms with E-state index in [2.05, 4.69) is 27.3 Å². The Kier molecular flexibility index (Phi) is 4.66. The maximum Gasteiger partial charge on any atom is 0.244 e. The third-order valence-corrected chi connectivity index (χ3v) is 6.89. The molecule has 4 rings (SSSR count). The summed E-state index contributed by atoms with van der Waals surface area (Å²) in [5.41, 5.74) is 0. The topological polar surface area (TPSA) is 93.0 Å². The number of rotatable bonds is 5. The molecule has 2 aliphatic rings. The molecule has 0 radical (unpaired) electrons. The zero-order chi connectivity index (χ0) is 18.1. The summed E-state index contributed by atoms with van der Waals surface area (Å²) >= 11 is 0. The number of fused-ring (bicyclic) bond motifs is 1. The van der Waals surface area contributed by atoms with Gasteiger partial charge in [-0.25, -0.2) is 23.1 Å². The highest BCUT2D eigenvalue weighted by molar-refractivity contribution is 7.89. The number of hydrogen-bond acceptors (Lipinski definition) is 6. The molecule has 4 heterocycles. The molecule has 2 aromatic heterocycles. The van der Waals surface area contributed by atoms with Crippen molar-refractivity contribution >= 4 is 15.8 Å². The quantitative estimate of drug-likeness (QED) is 0.849. The predicted molar refractivity (Wildman–Crippen MR) is 97.4 cm³/mol. The molecular weight excluding hydrogens is 352 g/mol. The van der Waals surface area contributed by atoms with E-state index in [0.717, 1.165) is 50.3 Å². The molecule has 8 nitrogen and oxygen atoms in total. The Hall–Kier alpha value is -2.00. The van der Waals surface area contributed by atoms with E-state index >= 15 is 0 Å². The van der Waals surface area contributed by atoms with E-state index in [0.29, 0.717) is 18.9 Å². The van der Waals surface area contributed by atoms with Gasteiger partial charge in [0.05, 0.1) is 6.54 Å². The van der Waals surface area contributed by atoms with Gasteiger partial charge < -0.3 is 5.32 Å². The minimum atomic E-state index is -3.41. The third kappa shape index (κ3) is 3.33. The summed E-state index contributed by atoms with van der Waals surface area (Å²) in [4.78, 5) is 9.11. The van der Waals surface area contributed by atoms with Crippen LogP contribution >= 0.6 is 0 Å². The van der Waals surface area contributed by atoms with Gasteiger partial charge in [0.2, 0.25) is 10.0 Å². The van der Waals surface area contributed by atoms with Crippen LogP contribution in [-0.2, 0) is 29.4 Å². The van der Waals surface area contributed by atoms with Crippen molar-refractivity contribution in [3.63, 3.8) is 0 Å². The van der Waals surface area contributed by atoms with Gasteiger partial charge in [0, 0.05) is 38.2 Å². The van der Waals surface area contributed by atoms with Crippen molar-refractivity contribution in [2.75, 3.05) is 18.4 Å². The van der Waals surface area contributed by atoms with Gasteiger partial charge in [0.15, 0.2) is 5.82 Å². The number of nitrogens with zero attached hydrogens (tertiary/aromatic N) is 5. The van der Waals surface area contributed by atoms with Crippen molar-refractivity contribution < 1.29 is 8.42 Å². The lowest BCUT2D eigenvalue weighted by Crippen LogP contribution is -2.32. The summed E-state index contributed by atoms with van der Waals surface area (Å²) in [5.74, 6) is 2.62. The molecule has 0 aromatic carbocycles. The Labute approximate surface area is 153 Å². The number of hydrogen-bond donors (Lipinski definition) is 1. The third-order valence-electron chi connectivity index (χ3n) is 5.01. The van der Waals surface area contributed by atoms with E-state index < -0.39 is 10.0 Å². The molecule has 0 saturated carbocycles. The van der Waals surface area contributed by atoms with Crippen LogP contribution in [0.2, 0.25) is 0 Å². The van der Waals surface area contributed by atoms with Crippen molar-refractivity contribution in [2.45, 2.75) is 56.5 Å². The Morgan fingerprint density at radius 2 is 2.08 bits per heavy atom. The standard InChI is InChI=1S/C17H24N6O2S/c1-2-15-20-17-8-5-13(12-23(17)21-15)19-16-7-6-14(11-18-16)26(24,25)22-9-3-4-10-22/h6-7,11,13H,2-5,8-10,12H2,1H3,(H,18,19). The maximum absolute atomic E-state index is 12.6. The van der Waals surface area contributed by atoms with E-state index in [1.807, 2.05) is 4.68 Å². The highest BCUT2D eigenvalue weighted by atomic mass is 32.2. The van der Waals surface area contributed by atoms with Gasteiger partial charge in [-0.05, 0) is 31.4 Å². The normalized spacial score (nSPS) is 20.9. The Balaban J connectivity index is 1.43. The molecule has 1 N–H and O–H groups in total. The first-order valence-electron chi connectivity index (χ1n) is 9.21. The van der Waals surface area contributed by atoms with Gasteiger partial charge in [-0.2, -0.15) is 9.40 Å². The highest BCUT2D eigenvalue weighted by Crippen LogP contribution is 2.22. The zero-order valence-corrected chi connectivity index (χ0v) is 15.7. The summed E-state index contributed by atoms with van der Waals surface area (Å²) in [6.07, 6.45) is 5.99. The van der Waals surface area contributed by atoms with Gasteiger partial charge in [-0.1, -0.05) is 6.92 Å². The zero-order valence-electron chi connectivity index (χ0n) is 14.9. The molecular formula is C17H24N6O2S. The Morgan fingerprint density at radius 3 is 2.77 bits per heavy atom. The smallest absolute Gasteiger partial charge is 0.244 e. The molecule has 9 heteroatoms. The molecule has 2 aromatic rings. The molecule has 0 amide bonds. The number of aromatic nitrogens is 4. The van der Waals surface area contributed by atoms with Gasteiger partial charge >= 0.3 is 0 Å².